The molecule has 0 saturated carbocycles. The first-order valence-electron chi connectivity index (χ1n) is 8.39. The molecular weight excluding hydrogens is 376 g/mol. The number of carbonyl (C=O) groups is 1. The Bertz CT molecular complexity index is 1100. The van der Waals surface area contributed by atoms with Crippen LogP contribution in [0.1, 0.15) is 5.56 Å². The minimum absolute atomic E-state index is 0.219. The molecule has 3 aromatic carbocycles. The van der Waals surface area contributed by atoms with Gasteiger partial charge in [-0.05, 0) is 42.0 Å². The molecule has 0 spiro atoms. The van der Waals surface area contributed by atoms with Crippen LogP contribution in [0.25, 0.3) is 26.9 Å². The third kappa shape index (κ3) is 4.08. The van der Waals surface area contributed by atoms with Gasteiger partial charge in [-0.2, -0.15) is 0 Å². The van der Waals surface area contributed by atoms with Gasteiger partial charge in [-0.1, -0.05) is 54.1 Å². The number of carbonyl (C=O) groups excluding carboxylic acids is 1. The van der Waals surface area contributed by atoms with Gasteiger partial charge in [-0.15, -0.1) is 11.3 Å². The molecule has 0 bridgehead atoms. The van der Waals surface area contributed by atoms with Gasteiger partial charge in [-0.3, -0.25) is 4.79 Å². The Kier molecular flexibility index (Phi) is 5.01. The quantitative estimate of drug-likeness (QED) is 0.417. The molecule has 1 heterocycles. The van der Waals surface area contributed by atoms with Crippen LogP contribution < -0.4 is 5.32 Å². The molecule has 132 valence electrons. The number of aromatic nitrogens is 1. The van der Waals surface area contributed by atoms with E-state index in [4.69, 9.17) is 11.6 Å². The average molecular weight is 391 g/mol. The van der Waals surface area contributed by atoms with Crippen LogP contribution >= 0.6 is 22.9 Å². The highest BCUT2D eigenvalue weighted by atomic mass is 35.5. The van der Waals surface area contributed by atoms with Crippen molar-refractivity contribution in [1.29, 1.82) is 0 Å². The first kappa shape index (κ1) is 17.5. The van der Waals surface area contributed by atoms with Crippen molar-refractivity contribution in [2.75, 3.05) is 5.32 Å². The second-order valence-electron chi connectivity index (χ2n) is 5.91. The largest absolute Gasteiger partial charge is 0.322 e. The summed E-state index contributed by atoms with van der Waals surface area (Å²) < 4.78 is 1.10. The molecule has 0 radical (unpaired) electrons. The van der Waals surface area contributed by atoms with Crippen LogP contribution in [-0.4, -0.2) is 10.9 Å². The van der Waals surface area contributed by atoms with Crippen molar-refractivity contribution < 1.29 is 4.79 Å². The molecule has 0 fully saturated rings. The van der Waals surface area contributed by atoms with E-state index in [1.165, 1.54) is 6.08 Å². The summed E-state index contributed by atoms with van der Waals surface area (Å²) in [4.78, 5) is 17.1. The summed E-state index contributed by atoms with van der Waals surface area (Å²) in [5.74, 6) is -0.219. The predicted octanol–water partition coefficient (Wildman–Crippen LogP) is 6.27. The number of hydrogen-bond acceptors (Lipinski definition) is 3. The SMILES string of the molecule is O=C(C=Cc1ccccc1)Nc1cc(Cl)ccc1-c1nc2ccccc2s1. The first-order valence-corrected chi connectivity index (χ1v) is 9.58. The molecule has 27 heavy (non-hydrogen) atoms. The van der Waals surface area contributed by atoms with Gasteiger partial charge in [0.25, 0.3) is 0 Å². The number of fused-ring (bicyclic) bond motifs is 1. The number of para-hydroxylation sites is 1. The summed E-state index contributed by atoms with van der Waals surface area (Å²) in [5.41, 5.74) is 3.39. The van der Waals surface area contributed by atoms with Gasteiger partial charge < -0.3 is 5.32 Å². The van der Waals surface area contributed by atoms with E-state index in [2.05, 4.69) is 10.3 Å². The highest BCUT2D eigenvalue weighted by Gasteiger charge is 2.12. The van der Waals surface area contributed by atoms with Crippen LogP contribution in [-0.2, 0) is 4.79 Å². The lowest BCUT2D eigenvalue weighted by atomic mass is 10.1. The predicted molar refractivity (Wildman–Crippen MR) is 114 cm³/mol. The van der Waals surface area contributed by atoms with E-state index < -0.39 is 0 Å². The van der Waals surface area contributed by atoms with E-state index in [0.29, 0.717) is 10.7 Å². The highest BCUT2D eigenvalue weighted by Crippen LogP contribution is 2.35. The fourth-order valence-electron chi connectivity index (χ4n) is 2.70. The Morgan fingerprint density at radius 2 is 1.78 bits per heavy atom. The van der Waals surface area contributed by atoms with Crippen LogP contribution in [0.4, 0.5) is 5.69 Å². The van der Waals surface area contributed by atoms with Crippen molar-refractivity contribution in [1.82, 2.24) is 4.98 Å². The maximum Gasteiger partial charge on any atom is 0.248 e. The van der Waals surface area contributed by atoms with E-state index in [-0.39, 0.29) is 5.91 Å². The number of nitrogens with zero attached hydrogens (tertiary/aromatic N) is 1. The summed E-state index contributed by atoms with van der Waals surface area (Å²) in [6.07, 6.45) is 3.29. The third-order valence-electron chi connectivity index (χ3n) is 3.99. The molecule has 0 atom stereocenters. The molecule has 1 aromatic heterocycles. The van der Waals surface area contributed by atoms with Gasteiger partial charge in [0.1, 0.15) is 5.01 Å². The van der Waals surface area contributed by atoms with E-state index in [9.17, 15) is 4.79 Å². The maximum atomic E-state index is 12.4. The molecule has 4 aromatic rings. The van der Waals surface area contributed by atoms with Gasteiger partial charge in [0, 0.05) is 16.7 Å². The second kappa shape index (κ2) is 7.74. The number of thiazole rings is 1. The molecule has 1 amide bonds. The molecule has 5 heteroatoms. The van der Waals surface area contributed by atoms with Crippen molar-refractivity contribution in [3.05, 3.63) is 89.5 Å². The van der Waals surface area contributed by atoms with Crippen molar-refractivity contribution in [3.8, 4) is 10.6 Å². The molecule has 0 unspecified atom stereocenters. The lowest BCUT2D eigenvalue weighted by Crippen LogP contribution is -2.08. The Morgan fingerprint density at radius 3 is 2.59 bits per heavy atom. The van der Waals surface area contributed by atoms with Gasteiger partial charge >= 0.3 is 0 Å². The van der Waals surface area contributed by atoms with E-state index in [1.807, 2.05) is 60.7 Å². The fourth-order valence-corrected chi connectivity index (χ4v) is 3.88. The van der Waals surface area contributed by atoms with Crippen molar-refractivity contribution in [2.24, 2.45) is 0 Å². The van der Waals surface area contributed by atoms with Gasteiger partial charge in [-0.25, -0.2) is 4.98 Å². The number of hydrogen-bond donors (Lipinski definition) is 1. The molecular formula is C22H15ClN2OS. The highest BCUT2D eigenvalue weighted by molar-refractivity contribution is 7.21. The van der Waals surface area contributed by atoms with Crippen molar-refractivity contribution in [2.45, 2.75) is 0 Å². The number of anilines is 1. The van der Waals surface area contributed by atoms with Gasteiger partial charge in [0.2, 0.25) is 5.91 Å². The smallest absolute Gasteiger partial charge is 0.248 e. The lowest BCUT2D eigenvalue weighted by molar-refractivity contribution is -0.111. The number of halogens is 1. The summed E-state index contributed by atoms with van der Waals surface area (Å²) in [6.45, 7) is 0. The van der Waals surface area contributed by atoms with Gasteiger partial charge in [0.05, 0.1) is 15.9 Å². The summed E-state index contributed by atoms with van der Waals surface area (Å²) in [5, 5.41) is 4.32. The summed E-state index contributed by atoms with van der Waals surface area (Å²) in [6, 6.07) is 23.1. The van der Waals surface area contributed by atoms with E-state index in [1.54, 1.807) is 29.5 Å². The molecule has 0 saturated heterocycles. The standard InChI is InChI=1S/C22H15ClN2OS/c23-16-11-12-17(22-25-18-8-4-5-9-20(18)27-22)19(14-16)24-21(26)13-10-15-6-2-1-3-7-15/h1-14H,(H,24,26). The number of amides is 1. The van der Waals surface area contributed by atoms with Gasteiger partial charge in [0.15, 0.2) is 0 Å². The number of benzene rings is 3. The minimum atomic E-state index is -0.219. The van der Waals surface area contributed by atoms with Crippen LogP contribution in [0.3, 0.4) is 0 Å². The van der Waals surface area contributed by atoms with Crippen molar-refractivity contribution >= 4 is 50.8 Å². The topological polar surface area (TPSA) is 42.0 Å². The van der Waals surface area contributed by atoms with Crippen LogP contribution in [0.15, 0.2) is 78.9 Å². The normalized spacial score (nSPS) is 11.1. The average Bonchev–Trinajstić information content (AvgIpc) is 3.11. The third-order valence-corrected chi connectivity index (χ3v) is 5.30. The molecule has 0 aliphatic rings. The van der Waals surface area contributed by atoms with Crippen LogP contribution in [0.5, 0.6) is 0 Å². The molecule has 3 nitrogen and oxygen atoms in total. The molecule has 1 N–H and O–H groups in total. The second-order valence-corrected chi connectivity index (χ2v) is 7.38. The number of rotatable bonds is 4. The van der Waals surface area contributed by atoms with E-state index >= 15 is 0 Å². The lowest BCUT2D eigenvalue weighted by Gasteiger charge is -2.08. The fraction of sp³-hybridized carbons (Fsp3) is 0. The zero-order valence-electron chi connectivity index (χ0n) is 14.2. The summed E-state index contributed by atoms with van der Waals surface area (Å²) in [7, 11) is 0. The Balaban J connectivity index is 1.63. The Labute approximate surface area is 166 Å². The Hall–Kier alpha value is -2.95. The zero-order valence-corrected chi connectivity index (χ0v) is 15.8. The molecule has 0 aliphatic carbocycles. The monoisotopic (exact) mass is 390 g/mol. The zero-order chi connectivity index (χ0) is 18.6. The van der Waals surface area contributed by atoms with E-state index in [0.717, 1.165) is 26.4 Å². The molecule has 0 aliphatic heterocycles. The van der Waals surface area contributed by atoms with Crippen LogP contribution in [0.2, 0.25) is 5.02 Å². The maximum absolute atomic E-state index is 12.4. The number of nitrogens with one attached hydrogen (secondary N) is 1. The minimum Gasteiger partial charge on any atom is -0.322 e. The van der Waals surface area contributed by atoms with Crippen LogP contribution in [0, 0.1) is 0 Å². The Morgan fingerprint density at radius 1 is 1.00 bits per heavy atom. The summed E-state index contributed by atoms with van der Waals surface area (Å²) >= 11 is 7.74. The first-order chi connectivity index (χ1) is 13.2. The van der Waals surface area contributed by atoms with Crippen molar-refractivity contribution in [3.63, 3.8) is 0 Å². The molecule has 4 rings (SSSR count).